The van der Waals surface area contributed by atoms with Gasteiger partial charge in [0.2, 0.25) is 5.89 Å². The normalized spacial score (nSPS) is 20.3. The maximum Gasteiger partial charge on any atom is 0.223 e. The van der Waals surface area contributed by atoms with Crippen molar-refractivity contribution in [3.8, 4) is 0 Å². The van der Waals surface area contributed by atoms with Crippen molar-refractivity contribution in [2.75, 3.05) is 19.6 Å². The molecule has 2 atom stereocenters. The van der Waals surface area contributed by atoms with Crippen LogP contribution in [0.2, 0.25) is 0 Å². The summed E-state index contributed by atoms with van der Waals surface area (Å²) in [6.07, 6.45) is 1.20. The topological polar surface area (TPSA) is 45.4 Å². The molecule has 3 rings (SSSR count). The molecule has 1 aromatic carbocycles. The Morgan fingerprint density at radius 3 is 2.78 bits per heavy atom. The molecule has 5 nitrogen and oxygen atoms in total. The largest absolute Gasteiger partial charge is 0.340 e. The molecule has 1 aromatic heterocycles. The van der Waals surface area contributed by atoms with E-state index >= 15 is 0 Å². The molecule has 0 aliphatic carbocycles. The van der Waals surface area contributed by atoms with Crippen LogP contribution in [0.3, 0.4) is 0 Å². The van der Waals surface area contributed by atoms with Gasteiger partial charge in [-0.2, -0.15) is 4.98 Å². The van der Waals surface area contributed by atoms with Crippen LogP contribution in [-0.4, -0.2) is 45.6 Å². The smallest absolute Gasteiger partial charge is 0.223 e. The Kier molecular flexibility index (Phi) is 5.08. The van der Waals surface area contributed by atoms with Gasteiger partial charge in [-0.3, -0.25) is 9.80 Å². The highest BCUT2D eigenvalue weighted by Crippen LogP contribution is 2.27. The van der Waals surface area contributed by atoms with Crippen LogP contribution in [0.1, 0.15) is 43.6 Å². The predicted molar refractivity (Wildman–Crippen MR) is 90.0 cm³/mol. The quantitative estimate of drug-likeness (QED) is 0.820. The van der Waals surface area contributed by atoms with Crippen molar-refractivity contribution in [1.82, 2.24) is 19.9 Å². The first-order valence-corrected chi connectivity index (χ1v) is 8.49. The first kappa shape index (κ1) is 16.1. The fraction of sp³-hybridized carbons (Fsp3) is 0.556. The molecule has 0 N–H and O–H groups in total. The number of benzene rings is 1. The van der Waals surface area contributed by atoms with E-state index < -0.39 is 0 Å². The molecule has 23 heavy (non-hydrogen) atoms. The number of likely N-dealkylation sites (tertiary alicyclic amines) is 1. The second-order valence-electron chi connectivity index (χ2n) is 6.32. The molecule has 2 heterocycles. The van der Waals surface area contributed by atoms with E-state index in [4.69, 9.17) is 4.52 Å². The van der Waals surface area contributed by atoms with Gasteiger partial charge in [-0.15, -0.1) is 0 Å². The summed E-state index contributed by atoms with van der Waals surface area (Å²) < 4.78 is 5.09. The lowest BCUT2D eigenvalue weighted by Gasteiger charge is -2.28. The van der Waals surface area contributed by atoms with E-state index in [0.717, 1.165) is 32.0 Å². The second-order valence-corrected chi connectivity index (χ2v) is 6.32. The molecule has 124 valence electrons. The minimum Gasteiger partial charge on any atom is -0.340 e. The van der Waals surface area contributed by atoms with Gasteiger partial charge in [0, 0.05) is 32.1 Å². The third-order valence-electron chi connectivity index (χ3n) is 4.86. The summed E-state index contributed by atoms with van der Waals surface area (Å²) in [5, 5.41) is 4.04. The highest BCUT2D eigenvalue weighted by atomic mass is 16.5. The third-order valence-corrected chi connectivity index (χ3v) is 4.86. The van der Waals surface area contributed by atoms with Crippen molar-refractivity contribution in [3.63, 3.8) is 0 Å². The van der Waals surface area contributed by atoms with E-state index in [1.165, 1.54) is 12.0 Å². The lowest BCUT2D eigenvalue weighted by Crippen LogP contribution is -2.37. The van der Waals surface area contributed by atoms with Gasteiger partial charge in [-0.1, -0.05) is 42.4 Å². The zero-order chi connectivity index (χ0) is 16.2. The maximum atomic E-state index is 5.09. The second kappa shape index (κ2) is 7.23. The van der Waals surface area contributed by atoms with Gasteiger partial charge in [0.25, 0.3) is 0 Å². The van der Waals surface area contributed by atoms with Gasteiger partial charge in [-0.05, 0) is 25.5 Å². The third kappa shape index (κ3) is 3.79. The van der Waals surface area contributed by atoms with Gasteiger partial charge in [0.05, 0.1) is 6.54 Å². The van der Waals surface area contributed by atoms with E-state index in [2.05, 4.69) is 64.1 Å². The van der Waals surface area contributed by atoms with Crippen molar-refractivity contribution in [2.45, 2.75) is 45.8 Å². The zero-order valence-corrected chi connectivity index (χ0v) is 14.3. The predicted octanol–water partition coefficient (Wildman–Crippen LogP) is 3.04. The minimum absolute atomic E-state index is 0.465. The van der Waals surface area contributed by atoms with Gasteiger partial charge in [-0.25, -0.2) is 0 Å². The molecule has 5 heteroatoms. The minimum atomic E-state index is 0.465. The molecule has 2 aromatic rings. The summed E-state index contributed by atoms with van der Waals surface area (Å²) >= 11 is 0. The fourth-order valence-electron chi connectivity index (χ4n) is 3.45. The monoisotopic (exact) mass is 314 g/mol. The highest BCUT2D eigenvalue weighted by Gasteiger charge is 2.30. The van der Waals surface area contributed by atoms with Crippen LogP contribution < -0.4 is 0 Å². The van der Waals surface area contributed by atoms with Crippen LogP contribution in [0.15, 0.2) is 34.9 Å². The molecule has 1 saturated heterocycles. The molecule has 0 amide bonds. The first-order chi connectivity index (χ1) is 11.2. The molecule has 0 bridgehead atoms. The van der Waals surface area contributed by atoms with Crippen molar-refractivity contribution in [2.24, 2.45) is 0 Å². The van der Waals surface area contributed by atoms with Crippen molar-refractivity contribution in [1.29, 1.82) is 0 Å². The van der Waals surface area contributed by atoms with E-state index in [1.807, 2.05) is 6.92 Å². The number of aromatic nitrogens is 2. The standard InChI is InChI=1S/C18H26N4O/c1-4-21(13-18-19-15(3)23-20-18)17-10-11-22(12-17)14(2)16-8-6-5-7-9-16/h5-9,14,17H,4,10-13H2,1-3H3/t14-,17+/m1/s1. The fourth-order valence-corrected chi connectivity index (χ4v) is 3.45. The molecular weight excluding hydrogens is 288 g/mol. The van der Waals surface area contributed by atoms with Crippen LogP contribution >= 0.6 is 0 Å². The molecule has 0 spiro atoms. The Morgan fingerprint density at radius 2 is 2.13 bits per heavy atom. The molecule has 1 fully saturated rings. The Balaban J connectivity index is 1.61. The van der Waals surface area contributed by atoms with Crippen LogP contribution in [0.5, 0.6) is 0 Å². The SMILES string of the molecule is CCN(Cc1noc(C)n1)[C@H]1CCN([C@H](C)c2ccccc2)C1. The van der Waals surface area contributed by atoms with Crippen LogP contribution in [0.25, 0.3) is 0 Å². The summed E-state index contributed by atoms with van der Waals surface area (Å²) in [6.45, 7) is 10.4. The Bertz CT molecular complexity index is 612. The van der Waals surface area contributed by atoms with Crippen molar-refractivity contribution >= 4 is 0 Å². The zero-order valence-electron chi connectivity index (χ0n) is 14.3. The van der Waals surface area contributed by atoms with Crippen LogP contribution in [0.4, 0.5) is 0 Å². The number of hydrogen-bond donors (Lipinski definition) is 0. The van der Waals surface area contributed by atoms with Gasteiger partial charge in [0.1, 0.15) is 0 Å². The first-order valence-electron chi connectivity index (χ1n) is 8.49. The Morgan fingerprint density at radius 1 is 1.35 bits per heavy atom. The average Bonchev–Trinajstić information content (AvgIpc) is 3.22. The van der Waals surface area contributed by atoms with E-state index in [-0.39, 0.29) is 0 Å². The van der Waals surface area contributed by atoms with Crippen LogP contribution in [-0.2, 0) is 6.54 Å². The van der Waals surface area contributed by atoms with Crippen molar-refractivity contribution < 1.29 is 4.52 Å². The molecular formula is C18H26N4O. The molecule has 0 radical (unpaired) electrons. The summed E-state index contributed by atoms with van der Waals surface area (Å²) in [5.41, 5.74) is 1.39. The molecule has 1 aliphatic rings. The number of likely N-dealkylation sites (N-methyl/N-ethyl adjacent to an activating group) is 1. The summed E-state index contributed by atoms with van der Waals surface area (Å²) in [4.78, 5) is 9.37. The summed E-state index contributed by atoms with van der Waals surface area (Å²) in [6, 6.07) is 11.8. The maximum absolute atomic E-state index is 5.09. The Hall–Kier alpha value is -1.72. The number of aryl methyl sites for hydroxylation is 1. The molecule has 1 aliphatic heterocycles. The Labute approximate surface area is 138 Å². The van der Waals surface area contributed by atoms with E-state index in [9.17, 15) is 0 Å². The highest BCUT2D eigenvalue weighted by molar-refractivity contribution is 5.18. The number of hydrogen-bond acceptors (Lipinski definition) is 5. The number of rotatable bonds is 6. The van der Waals surface area contributed by atoms with E-state index in [0.29, 0.717) is 18.0 Å². The van der Waals surface area contributed by atoms with Crippen LogP contribution in [0, 0.1) is 6.92 Å². The van der Waals surface area contributed by atoms with Crippen molar-refractivity contribution in [3.05, 3.63) is 47.6 Å². The van der Waals surface area contributed by atoms with Gasteiger partial charge < -0.3 is 4.52 Å². The summed E-state index contributed by atoms with van der Waals surface area (Å²) in [7, 11) is 0. The molecule has 0 unspecified atom stereocenters. The lowest BCUT2D eigenvalue weighted by molar-refractivity contribution is 0.175. The average molecular weight is 314 g/mol. The van der Waals surface area contributed by atoms with Gasteiger partial charge in [0.15, 0.2) is 5.82 Å². The number of nitrogens with zero attached hydrogens (tertiary/aromatic N) is 4. The van der Waals surface area contributed by atoms with E-state index in [1.54, 1.807) is 0 Å². The lowest BCUT2D eigenvalue weighted by atomic mass is 10.1. The molecule has 0 saturated carbocycles. The van der Waals surface area contributed by atoms with Gasteiger partial charge >= 0.3 is 0 Å². The summed E-state index contributed by atoms with van der Waals surface area (Å²) in [5.74, 6) is 1.43.